The van der Waals surface area contributed by atoms with Crippen molar-refractivity contribution in [2.24, 2.45) is 4.99 Å². The fourth-order valence-corrected chi connectivity index (χ4v) is 2.27. The highest BCUT2D eigenvalue weighted by Crippen LogP contribution is 2.28. The van der Waals surface area contributed by atoms with Gasteiger partial charge in [-0.3, -0.25) is 14.5 Å². The van der Waals surface area contributed by atoms with Crippen LogP contribution >= 0.6 is 0 Å². The van der Waals surface area contributed by atoms with Crippen molar-refractivity contribution >= 4 is 23.8 Å². The molecule has 0 spiro atoms. The van der Waals surface area contributed by atoms with Crippen LogP contribution in [0.3, 0.4) is 0 Å². The lowest BCUT2D eigenvalue weighted by Gasteiger charge is -2.14. The minimum absolute atomic E-state index is 0.00244. The van der Waals surface area contributed by atoms with E-state index in [0.29, 0.717) is 30.1 Å². The minimum Gasteiger partial charge on any atom is -0.504 e. The number of carbonyl (C=O) groups excluding carboxylic acids is 1. The smallest absolute Gasteiger partial charge is 0.303 e. The van der Waals surface area contributed by atoms with Crippen LogP contribution in [0.2, 0.25) is 0 Å². The van der Waals surface area contributed by atoms with Gasteiger partial charge in [-0.05, 0) is 37.1 Å². The standard InChI is InChI=1S/C16H18N2O5/c1-10-17-12(16(22)18(10)7-3-4-15(20)21)8-11-5-6-14(23-2)13(19)9-11/h5-6,8-9,19H,3-4,7H2,1-2H3,(H,20,21)/b12-8+. The highest BCUT2D eigenvalue weighted by molar-refractivity contribution is 6.13. The molecule has 122 valence electrons. The third-order valence-corrected chi connectivity index (χ3v) is 3.42. The van der Waals surface area contributed by atoms with Gasteiger partial charge in [0.15, 0.2) is 11.5 Å². The summed E-state index contributed by atoms with van der Waals surface area (Å²) in [5.74, 6) is -0.311. The molecule has 1 aliphatic heterocycles. The zero-order chi connectivity index (χ0) is 17.0. The van der Waals surface area contributed by atoms with Crippen LogP contribution in [0.4, 0.5) is 0 Å². The van der Waals surface area contributed by atoms with E-state index >= 15 is 0 Å². The number of aromatic hydroxyl groups is 1. The predicted octanol–water partition coefficient (Wildman–Crippen LogP) is 1.87. The summed E-state index contributed by atoms with van der Waals surface area (Å²) in [6.07, 6.45) is 1.94. The summed E-state index contributed by atoms with van der Waals surface area (Å²) in [4.78, 5) is 28.5. The number of benzene rings is 1. The number of aliphatic imine (C=N–C) groups is 1. The lowest BCUT2D eigenvalue weighted by atomic mass is 10.1. The summed E-state index contributed by atoms with van der Waals surface area (Å²) >= 11 is 0. The van der Waals surface area contributed by atoms with Crippen molar-refractivity contribution in [2.75, 3.05) is 13.7 Å². The van der Waals surface area contributed by atoms with E-state index in [2.05, 4.69) is 4.99 Å². The zero-order valence-electron chi connectivity index (χ0n) is 12.9. The first-order valence-electron chi connectivity index (χ1n) is 7.10. The van der Waals surface area contributed by atoms with Crippen LogP contribution in [0.5, 0.6) is 11.5 Å². The second-order valence-electron chi connectivity index (χ2n) is 5.07. The molecule has 1 aliphatic rings. The SMILES string of the molecule is COc1ccc(/C=C2/N=C(C)N(CCCC(=O)O)C2=O)cc1O. The first-order valence-corrected chi connectivity index (χ1v) is 7.10. The van der Waals surface area contributed by atoms with Crippen molar-refractivity contribution in [1.82, 2.24) is 4.90 Å². The molecule has 0 aliphatic carbocycles. The summed E-state index contributed by atoms with van der Waals surface area (Å²) in [6.45, 7) is 2.01. The van der Waals surface area contributed by atoms with Crippen molar-refractivity contribution in [1.29, 1.82) is 0 Å². The van der Waals surface area contributed by atoms with E-state index in [-0.39, 0.29) is 23.8 Å². The Labute approximate surface area is 133 Å². The lowest BCUT2D eigenvalue weighted by molar-refractivity contribution is -0.137. The van der Waals surface area contributed by atoms with Crippen LogP contribution in [0.1, 0.15) is 25.3 Å². The lowest BCUT2D eigenvalue weighted by Crippen LogP contribution is -2.31. The van der Waals surface area contributed by atoms with Gasteiger partial charge in [-0.25, -0.2) is 4.99 Å². The topological polar surface area (TPSA) is 99.4 Å². The molecule has 1 aromatic carbocycles. The maximum atomic E-state index is 12.3. The van der Waals surface area contributed by atoms with E-state index < -0.39 is 5.97 Å². The fraction of sp³-hybridized carbons (Fsp3) is 0.312. The predicted molar refractivity (Wildman–Crippen MR) is 84.3 cm³/mol. The highest BCUT2D eigenvalue weighted by atomic mass is 16.5. The van der Waals surface area contributed by atoms with E-state index in [4.69, 9.17) is 9.84 Å². The number of phenolic OH excluding ortho intramolecular Hbond substituents is 1. The Morgan fingerprint density at radius 3 is 2.78 bits per heavy atom. The number of amidine groups is 1. The number of phenols is 1. The molecule has 2 N–H and O–H groups in total. The second kappa shape index (κ2) is 6.95. The maximum absolute atomic E-state index is 12.3. The van der Waals surface area contributed by atoms with Crippen LogP contribution in [0, 0.1) is 0 Å². The molecule has 7 heteroatoms. The van der Waals surface area contributed by atoms with Gasteiger partial charge in [0.25, 0.3) is 5.91 Å². The Bertz CT molecular complexity index is 694. The maximum Gasteiger partial charge on any atom is 0.303 e. The molecule has 0 fully saturated rings. The Balaban J connectivity index is 2.13. The Morgan fingerprint density at radius 1 is 1.43 bits per heavy atom. The summed E-state index contributed by atoms with van der Waals surface area (Å²) in [7, 11) is 1.45. The molecule has 2 rings (SSSR count). The molecular weight excluding hydrogens is 300 g/mol. The number of carboxylic acid groups (broad SMARTS) is 1. The number of hydrogen-bond donors (Lipinski definition) is 2. The number of aliphatic carboxylic acids is 1. The average molecular weight is 318 g/mol. The van der Waals surface area contributed by atoms with E-state index in [0.717, 1.165) is 0 Å². The molecule has 1 aromatic rings. The van der Waals surface area contributed by atoms with Gasteiger partial charge >= 0.3 is 5.97 Å². The molecular formula is C16H18N2O5. The number of carbonyl (C=O) groups is 2. The monoisotopic (exact) mass is 318 g/mol. The van der Waals surface area contributed by atoms with Gasteiger partial charge in [-0.1, -0.05) is 6.07 Å². The molecule has 7 nitrogen and oxygen atoms in total. The Morgan fingerprint density at radius 2 is 2.17 bits per heavy atom. The van der Waals surface area contributed by atoms with Gasteiger partial charge in [0.1, 0.15) is 11.5 Å². The van der Waals surface area contributed by atoms with Gasteiger partial charge in [-0.2, -0.15) is 0 Å². The zero-order valence-corrected chi connectivity index (χ0v) is 12.9. The molecule has 0 atom stereocenters. The van der Waals surface area contributed by atoms with Crippen molar-refractivity contribution in [3.63, 3.8) is 0 Å². The molecule has 1 heterocycles. The molecule has 23 heavy (non-hydrogen) atoms. The van der Waals surface area contributed by atoms with Crippen molar-refractivity contribution in [2.45, 2.75) is 19.8 Å². The van der Waals surface area contributed by atoms with Crippen molar-refractivity contribution in [3.05, 3.63) is 29.5 Å². The first-order chi connectivity index (χ1) is 10.9. The van der Waals surface area contributed by atoms with Crippen LogP contribution in [0.15, 0.2) is 28.9 Å². The van der Waals surface area contributed by atoms with Gasteiger partial charge < -0.3 is 14.9 Å². The summed E-state index contributed by atoms with van der Waals surface area (Å²) in [6, 6.07) is 4.79. The van der Waals surface area contributed by atoms with E-state index in [1.165, 1.54) is 18.1 Å². The molecule has 0 unspecified atom stereocenters. The third kappa shape index (κ3) is 3.88. The number of hydrogen-bond acceptors (Lipinski definition) is 5. The number of amides is 1. The highest BCUT2D eigenvalue weighted by Gasteiger charge is 2.27. The van der Waals surface area contributed by atoms with Crippen molar-refractivity contribution < 1.29 is 24.5 Å². The second-order valence-corrected chi connectivity index (χ2v) is 5.07. The molecule has 0 radical (unpaired) electrons. The minimum atomic E-state index is -0.893. The van der Waals surface area contributed by atoms with E-state index in [9.17, 15) is 14.7 Å². The summed E-state index contributed by atoms with van der Waals surface area (Å²) < 4.78 is 4.97. The van der Waals surface area contributed by atoms with Crippen LogP contribution in [-0.4, -0.2) is 46.5 Å². The molecule has 0 bridgehead atoms. The van der Waals surface area contributed by atoms with Crippen LogP contribution < -0.4 is 4.74 Å². The Kier molecular flexibility index (Phi) is 5.00. The largest absolute Gasteiger partial charge is 0.504 e. The average Bonchev–Trinajstić information content (AvgIpc) is 2.74. The van der Waals surface area contributed by atoms with Crippen LogP contribution in [-0.2, 0) is 9.59 Å². The number of nitrogens with zero attached hydrogens (tertiary/aromatic N) is 2. The number of ether oxygens (including phenoxy) is 1. The normalized spacial score (nSPS) is 15.9. The molecule has 1 amide bonds. The molecule has 0 aromatic heterocycles. The number of methoxy groups -OCH3 is 1. The summed E-state index contributed by atoms with van der Waals surface area (Å²) in [5, 5.41) is 18.4. The van der Waals surface area contributed by atoms with Gasteiger partial charge in [0.2, 0.25) is 0 Å². The van der Waals surface area contributed by atoms with E-state index in [1.54, 1.807) is 25.1 Å². The molecule has 0 saturated carbocycles. The summed E-state index contributed by atoms with van der Waals surface area (Å²) in [5.41, 5.74) is 0.873. The van der Waals surface area contributed by atoms with Gasteiger partial charge in [-0.15, -0.1) is 0 Å². The number of rotatable bonds is 6. The van der Waals surface area contributed by atoms with Gasteiger partial charge in [0.05, 0.1) is 7.11 Å². The van der Waals surface area contributed by atoms with Crippen molar-refractivity contribution in [3.8, 4) is 11.5 Å². The fourth-order valence-electron chi connectivity index (χ4n) is 2.27. The Hall–Kier alpha value is -2.83. The molecule has 0 saturated heterocycles. The van der Waals surface area contributed by atoms with Gasteiger partial charge in [0, 0.05) is 13.0 Å². The van der Waals surface area contributed by atoms with E-state index in [1.807, 2.05) is 0 Å². The van der Waals surface area contributed by atoms with Crippen LogP contribution in [0.25, 0.3) is 6.08 Å². The first kappa shape index (κ1) is 16.5. The number of carboxylic acids is 1. The third-order valence-electron chi connectivity index (χ3n) is 3.42. The quantitative estimate of drug-likeness (QED) is 0.780.